The van der Waals surface area contributed by atoms with Crippen LogP contribution in [0.2, 0.25) is 5.02 Å². The van der Waals surface area contributed by atoms with Gasteiger partial charge in [0.05, 0.1) is 10.7 Å². The molecule has 1 heterocycles. The Morgan fingerprint density at radius 3 is 2.21 bits per heavy atom. The van der Waals surface area contributed by atoms with E-state index in [0.29, 0.717) is 5.92 Å². The molecule has 0 aliphatic heterocycles. The van der Waals surface area contributed by atoms with Crippen molar-refractivity contribution < 1.29 is 0 Å². The van der Waals surface area contributed by atoms with Gasteiger partial charge < -0.3 is 0 Å². The predicted molar refractivity (Wildman–Crippen MR) is 62.0 cm³/mol. The molecule has 0 N–H and O–H groups in total. The fourth-order valence-corrected chi connectivity index (χ4v) is 1.67. The van der Waals surface area contributed by atoms with Crippen molar-refractivity contribution in [2.45, 2.75) is 46.0 Å². The van der Waals surface area contributed by atoms with E-state index < -0.39 is 0 Å². The molecule has 0 fully saturated rings. The van der Waals surface area contributed by atoms with E-state index in [9.17, 15) is 0 Å². The molecule has 0 saturated carbocycles. The first kappa shape index (κ1) is 11.5. The quantitative estimate of drug-likeness (QED) is 0.680. The zero-order chi connectivity index (χ0) is 10.9. The number of nitrogens with zero attached hydrogens (tertiary/aromatic N) is 1. The molecule has 1 rings (SSSR count). The summed E-state index contributed by atoms with van der Waals surface area (Å²) < 4.78 is 0. The lowest BCUT2D eigenvalue weighted by molar-refractivity contribution is 0.586. The molecule has 2 heteroatoms. The van der Waals surface area contributed by atoms with Crippen LogP contribution in [0.5, 0.6) is 0 Å². The van der Waals surface area contributed by atoms with E-state index in [0.717, 1.165) is 10.7 Å². The van der Waals surface area contributed by atoms with Gasteiger partial charge in [-0.05, 0) is 23.0 Å². The fraction of sp³-hybridized carbons (Fsp3) is 0.583. The standard InChI is InChI=1S/C12H18ClN/c1-8(2)11-10(13)6-9(7-14-11)12(3,4)5/h6-8H,1-5H3. The number of rotatable bonds is 1. The minimum absolute atomic E-state index is 0.117. The molecule has 0 radical (unpaired) electrons. The van der Waals surface area contributed by atoms with Crippen molar-refractivity contribution in [3.8, 4) is 0 Å². The van der Waals surface area contributed by atoms with Crippen LogP contribution in [0.1, 0.15) is 51.8 Å². The van der Waals surface area contributed by atoms with Gasteiger partial charge in [-0.1, -0.05) is 46.2 Å². The van der Waals surface area contributed by atoms with Crippen LogP contribution in [0.3, 0.4) is 0 Å². The Kier molecular flexibility index (Phi) is 3.20. The maximum Gasteiger partial charge on any atom is 0.0627 e. The first-order valence-corrected chi connectivity index (χ1v) is 5.36. The second-order valence-electron chi connectivity index (χ2n) is 5.00. The zero-order valence-electron chi connectivity index (χ0n) is 9.56. The van der Waals surface area contributed by atoms with Crippen LogP contribution in [-0.2, 0) is 5.41 Å². The third kappa shape index (κ3) is 2.48. The first-order chi connectivity index (χ1) is 6.32. The summed E-state index contributed by atoms with van der Waals surface area (Å²) in [7, 11) is 0. The Morgan fingerprint density at radius 2 is 1.86 bits per heavy atom. The molecule has 0 aliphatic rings. The summed E-state index contributed by atoms with van der Waals surface area (Å²) in [6.45, 7) is 10.7. The predicted octanol–water partition coefficient (Wildman–Crippen LogP) is 4.16. The molecule has 0 atom stereocenters. The van der Waals surface area contributed by atoms with Gasteiger partial charge in [-0.15, -0.1) is 0 Å². The molecule has 14 heavy (non-hydrogen) atoms. The number of hydrogen-bond acceptors (Lipinski definition) is 1. The van der Waals surface area contributed by atoms with E-state index in [1.54, 1.807) is 0 Å². The van der Waals surface area contributed by atoms with Gasteiger partial charge in [-0.3, -0.25) is 4.98 Å². The second kappa shape index (κ2) is 3.90. The monoisotopic (exact) mass is 211 g/mol. The highest BCUT2D eigenvalue weighted by Crippen LogP contribution is 2.28. The molecule has 0 saturated heterocycles. The van der Waals surface area contributed by atoms with E-state index in [2.05, 4.69) is 39.6 Å². The van der Waals surface area contributed by atoms with Crippen LogP contribution >= 0.6 is 11.6 Å². The van der Waals surface area contributed by atoms with E-state index in [1.807, 2.05) is 12.3 Å². The lowest BCUT2D eigenvalue weighted by Crippen LogP contribution is -2.12. The van der Waals surface area contributed by atoms with Crippen molar-refractivity contribution in [3.05, 3.63) is 28.5 Å². The fourth-order valence-electron chi connectivity index (χ4n) is 1.28. The molecule has 0 bridgehead atoms. The lowest BCUT2D eigenvalue weighted by Gasteiger charge is -2.19. The second-order valence-corrected chi connectivity index (χ2v) is 5.40. The van der Waals surface area contributed by atoms with Gasteiger partial charge in [-0.2, -0.15) is 0 Å². The van der Waals surface area contributed by atoms with Crippen LogP contribution < -0.4 is 0 Å². The van der Waals surface area contributed by atoms with E-state index in [4.69, 9.17) is 11.6 Å². The van der Waals surface area contributed by atoms with Gasteiger partial charge in [0.25, 0.3) is 0 Å². The summed E-state index contributed by atoms with van der Waals surface area (Å²) in [5.41, 5.74) is 2.29. The van der Waals surface area contributed by atoms with Crippen LogP contribution in [0.15, 0.2) is 12.3 Å². The van der Waals surface area contributed by atoms with Crippen molar-refractivity contribution in [2.24, 2.45) is 0 Å². The summed E-state index contributed by atoms with van der Waals surface area (Å²) in [6, 6.07) is 2.03. The maximum atomic E-state index is 6.17. The SMILES string of the molecule is CC(C)c1ncc(C(C)(C)C)cc1Cl. The third-order valence-electron chi connectivity index (χ3n) is 2.28. The highest BCUT2D eigenvalue weighted by molar-refractivity contribution is 6.31. The normalized spacial score (nSPS) is 12.2. The molecule has 0 aromatic carbocycles. The molecule has 0 amide bonds. The molecule has 0 spiro atoms. The van der Waals surface area contributed by atoms with Gasteiger partial charge in [-0.25, -0.2) is 0 Å². The summed E-state index contributed by atoms with van der Waals surface area (Å²) >= 11 is 6.17. The summed E-state index contributed by atoms with van der Waals surface area (Å²) in [6.07, 6.45) is 1.93. The van der Waals surface area contributed by atoms with Crippen LogP contribution in [0, 0.1) is 0 Å². The van der Waals surface area contributed by atoms with Gasteiger partial charge in [0.1, 0.15) is 0 Å². The average Bonchev–Trinajstić information content (AvgIpc) is 2.01. The molecule has 1 aromatic heterocycles. The average molecular weight is 212 g/mol. The van der Waals surface area contributed by atoms with Crippen molar-refractivity contribution >= 4 is 11.6 Å². The number of pyridine rings is 1. The summed E-state index contributed by atoms with van der Waals surface area (Å²) in [5.74, 6) is 0.386. The third-order valence-corrected chi connectivity index (χ3v) is 2.59. The van der Waals surface area contributed by atoms with Gasteiger partial charge >= 0.3 is 0 Å². The van der Waals surface area contributed by atoms with Crippen LogP contribution in [-0.4, -0.2) is 4.98 Å². The van der Waals surface area contributed by atoms with Gasteiger partial charge in [0.15, 0.2) is 0 Å². The molecule has 1 nitrogen and oxygen atoms in total. The van der Waals surface area contributed by atoms with Crippen molar-refractivity contribution in [2.75, 3.05) is 0 Å². The van der Waals surface area contributed by atoms with Crippen LogP contribution in [0.4, 0.5) is 0 Å². The van der Waals surface area contributed by atoms with Crippen molar-refractivity contribution in [1.29, 1.82) is 0 Å². The number of hydrogen-bond donors (Lipinski definition) is 0. The van der Waals surface area contributed by atoms with Gasteiger partial charge in [0.2, 0.25) is 0 Å². The molecule has 78 valence electrons. The summed E-state index contributed by atoms with van der Waals surface area (Å²) in [5, 5.41) is 0.785. The van der Waals surface area contributed by atoms with Crippen molar-refractivity contribution in [1.82, 2.24) is 4.98 Å². The Morgan fingerprint density at radius 1 is 1.29 bits per heavy atom. The smallest absolute Gasteiger partial charge is 0.0627 e. The Labute approximate surface area is 91.5 Å². The highest BCUT2D eigenvalue weighted by Gasteiger charge is 2.16. The molecular weight excluding hydrogens is 194 g/mol. The largest absolute Gasteiger partial charge is 0.259 e. The van der Waals surface area contributed by atoms with E-state index in [1.165, 1.54) is 5.56 Å². The van der Waals surface area contributed by atoms with Gasteiger partial charge in [0, 0.05) is 6.20 Å². The Bertz CT molecular complexity index is 324. The first-order valence-electron chi connectivity index (χ1n) is 4.98. The lowest BCUT2D eigenvalue weighted by atomic mass is 9.88. The van der Waals surface area contributed by atoms with Crippen molar-refractivity contribution in [3.63, 3.8) is 0 Å². The molecule has 1 aromatic rings. The Hall–Kier alpha value is -0.560. The molecule has 0 unspecified atom stereocenters. The van der Waals surface area contributed by atoms with E-state index >= 15 is 0 Å². The molecule has 0 aliphatic carbocycles. The number of halogens is 1. The topological polar surface area (TPSA) is 12.9 Å². The van der Waals surface area contributed by atoms with E-state index in [-0.39, 0.29) is 5.41 Å². The minimum Gasteiger partial charge on any atom is -0.259 e. The van der Waals surface area contributed by atoms with Crippen LogP contribution in [0.25, 0.3) is 0 Å². The maximum absolute atomic E-state index is 6.17. The molecular formula is C12H18ClN. The minimum atomic E-state index is 0.117. The zero-order valence-corrected chi connectivity index (χ0v) is 10.3. The number of aromatic nitrogens is 1. The Balaban J connectivity index is 3.13. The highest BCUT2D eigenvalue weighted by atomic mass is 35.5. The summed E-state index contributed by atoms with van der Waals surface area (Å²) in [4.78, 5) is 4.41.